The van der Waals surface area contributed by atoms with Crippen molar-refractivity contribution in [2.75, 3.05) is 27.2 Å². The summed E-state index contributed by atoms with van der Waals surface area (Å²) >= 11 is 0. The quantitative estimate of drug-likeness (QED) is 0.792. The zero-order valence-electron chi connectivity index (χ0n) is 10.8. The van der Waals surface area contributed by atoms with Crippen molar-refractivity contribution in [3.05, 3.63) is 29.3 Å². The number of benzene rings is 1. The molecular formula is C14H22N2O. The van der Waals surface area contributed by atoms with E-state index in [2.05, 4.69) is 37.2 Å². The van der Waals surface area contributed by atoms with E-state index in [1.807, 2.05) is 0 Å². The molecule has 2 rings (SSSR count). The van der Waals surface area contributed by atoms with Crippen LogP contribution in [0.3, 0.4) is 0 Å². The van der Waals surface area contributed by atoms with Gasteiger partial charge in [0.2, 0.25) is 0 Å². The Morgan fingerprint density at radius 1 is 1.41 bits per heavy atom. The van der Waals surface area contributed by atoms with Crippen molar-refractivity contribution in [1.29, 1.82) is 0 Å². The van der Waals surface area contributed by atoms with E-state index in [0.29, 0.717) is 12.6 Å². The molecule has 1 aromatic carbocycles. The molecule has 0 heterocycles. The van der Waals surface area contributed by atoms with Crippen LogP contribution in [0.1, 0.15) is 30.0 Å². The first-order valence-corrected chi connectivity index (χ1v) is 6.35. The summed E-state index contributed by atoms with van der Waals surface area (Å²) in [7, 11) is 4.28. The molecule has 94 valence electrons. The van der Waals surface area contributed by atoms with Gasteiger partial charge < -0.3 is 15.4 Å². The van der Waals surface area contributed by atoms with E-state index in [0.717, 1.165) is 25.2 Å². The number of hydrogen-bond donors (Lipinski definition) is 1. The normalized spacial score (nSPS) is 18.5. The largest absolute Gasteiger partial charge is 0.493 e. The third kappa shape index (κ3) is 2.61. The van der Waals surface area contributed by atoms with E-state index in [1.165, 1.54) is 17.5 Å². The third-order valence-corrected chi connectivity index (χ3v) is 3.43. The highest BCUT2D eigenvalue weighted by molar-refractivity contribution is 5.45. The van der Waals surface area contributed by atoms with Crippen LogP contribution >= 0.6 is 0 Å². The first-order chi connectivity index (χ1) is 8.24. The lowest BCUT2D eigenvalue weighted by molar-refractivity contribution is 0.299. The Bertz CT molecular complexity index is 376. The Balaban J connectivity index is 2.15. The van der Waals surface area contributed by atoms with Gasteiger partial charge in [0.1, 0.15) is 5.75 Å². The van der Waals surface area contributed by atoms with Crippen LogP contribution in [-0.2, 0) is 6.42 Å². The Labute approximate surface area is 104 Å². The number of fused-ring (bicyclic) bond motifs is 1. The Hall–Kier alpha value is -1.06. The Morgan fingerprint density at radius 3 is 2.94 bits per heavy atom. The molecule has 1 aromatic rings. The van der Waals surface area contributed by atoms with E-state index in [4.69, 9.17) is 10.5 Å². The first-order valence-electron chi connectivity index (χ1n) is 6.35. The summed E-state index contributed by atoms with van der Waals surface area (Å²) < 4.78 is 5.82. The number of nitrogens with two attached hydrogens (primary N) is 1. The topological polar surface area (TPSA) is 38.5 Å². The molecule has 3 nitrogen and oxygen atoms in total. The monoisotopic (exact) mass is 234 g/mol. The van der Waals surface area contributed by atoms with Gasteiger partial charge in [-0.05, 0) is 57.1 Å². The average molecular weight is 234 g/mol. The van der Waals surface area contributed by atoms with E-state index < -0.39 is 0 Å². The highest BCUT2D eigenvalue weighted by Gasteiger charge is 2.26. The second-order valence-electron chi connectivity index (χ2n) is 4.83. The van der Waals surface area contributed by atoms with Crippen molar-refractivity contribution in [3.8, 4) is 5.75 Å². The Kier molecular flexibility index (Phi) is 4.02. The molecule has 0 aromatic heterocycles. The van der Waals surface area contributed by atoms with Crippen LogP contribution < -0.4 is 10.5 Å². The van der Waals surface area contributed by atoms with E-state index in [1.54, 1.807) is 0 Å². The molecule has 0 amide bonds. The van der Waals surface area contributed by atoms with Gasteiger partial charge in [0.25, 0.3) is 0 Å². The summed E-state index contributed by atoms with van der Waals surface area (Å²) in [5.41, 5.74) is 8.30. The molecule has 1 atom stereocenters. The molecule has 1 unspecified atom stereocenters. The number of ether oxygens (including phenoxy) is 1. The van der Waals surface area contributed by atoms with Gasteiger partial charge in [-0.25, -0.2) is 0 Å². The minimum Gasteiger partial charge on any atom is -0.493 e. The third-order valence-electron chi connectivity index (χ3n) is 3.43. The second kappa shape index (κ2) is 5.52. The van der Waals surface area contributed by atoms with E-state index >= 15 is 0 Å². The number of nitrogens with zero attached hydrogens (tertiary/aromatic N) is 1. The zero-order valence-corrected chi connectivity index (χ0v) is 10.8. The summed E-state index contributed by atoms with van der Waals surface area (Å²) in [5.74, 6) is 1.06. The molecular weight excluding hydrogens is 212 g/mol. The van der Waals surface area contributed by atoms with Crippen molar-refractivity contribution in [2.24, 2.45) is 5.73 Å². The van der Waals surface area contributed by atoms with Crippen molar-refractivity contribution < 1.29 is 4.74 Å². The molecule has 2 N–H and O–H groups in total. The summed E-state index contributed by atoms with van der Waals surface area (Å²) in [6, 6.07) is 6.94. The van der Waals surface area contributed by atoms with Crippen LogP contribution in [0.4, 0.5) is 0 Å². The maximum Gasteiger partial charge on any atom is 0.122 e. The molecule has 1 aliphatic rings. The van der Waals surface area contributed by atoms with Crippen molar-refractivity contribution in [1.82, 2.24) is 4.90 Å². The second-order valence-corrected chi connectivity index (χ2v) is 4.83. The lowest BCUT2D eigenvalue weighted by Crippen LogP contribution is -2.17. The van der Waals surface area contributed by atoms with Gasteiger partial charge in [0.05, 0.1) is 6.61 Å². The molecule has 0 fully saturated rings. The van der Waals surface area contributed by atoms with Gasteiger partial charge in [-0.1, -0.05) is 12.1 Å². The highest BCUT2D eigenvalue weighted by atomic mass is 16.5. The fourth-order valence-corrected chi connectivity index (χ4v) is 2.54. The smallest absolute Gasteiger partial charge is 0.122 e. The van der Waals surface area contributed by atoms with Crippen LogP contribution in [-0.4, -0.2) is 32.1 Å². The molecule has 0 radical (unpaired) electrons. The van der Waals surface area contributed by atoms with Gasteiger partial charge in [-0.15, -0.1) is 0 Å². The van der Waals surface area contributed by atoms with Gasteiger partial charge in [-0.2, -0.15) is 0 Å². The number of rotatable bonds is 5. The Morgan fingerprint density at radius 2 is 2.24 bits per heavy atom. The van der Waals surface area contributed by atoms with Gasteiger partial charge in [0, 0.05) is 6.04 Å². The van der Waals surface area contributed by atoms with Crippen LogP contribution in [0.2, 0.25) is 0 Å². The molecule has 17 heavy (non-hydrogen) atoms. The minimum absolute atomic E-state index is 0.544. The predicted molar refractivity (Wildman–Crippen MR) is 70.4 cm³/mol. The predicted octanol–water partition coefficient (Wildman–Crippen LogP) is 1.96. The SMILES string of the molecule is CN(C)C1CCc2c(OCCCN)cccc21. The summed E-state index contributed by atoms with van der Waals surface area (Å²) in [5, 5.41) is 0. The van der Waals surface area contributed by atoms with Crippen molar-refractivity contribution >= 4 is 0 Å². The van der Waals surface area contributed by atoms with Crippen LogP contribution in [0.15, 0.2) is 18.2 Å². The average Bonchev–Trinajstić information content (AvgIpc) is 2.74. The maximum atomic E-state index is 5.82. The highest BCUT2D eigenvalue weighted by Crippen LogP contribution is 2.39. The van der Waals surface area contributed by atoms with Crippen LogP contribution in [0.5, 0.6) is 5.75 Å². The molecule has 3 heteroatoms. The molecule has 0 saturated heterocycles. The molecule has 0 saturated carbocycles. The molecule has 0 bridgehead atoms. The zero-order chi connectivity index (χ0) is 12.3. The summed E-state index contributed by atoms with van der Waals surface area (Å²) in [6.07, 6.45) is 3.23. The number of hydrogen-bond acceptors (Lipinski definition) is 3. The van der Waals surface area contributed by atoms with Gasteiger partial charge in [0.15, 0.2) is 0 Å². The van der Waals surface area contributed by atoms with E-state index in [9.17, 15) is 0 Å². The lowest BCUT2D eigenvalue weighted by atomic mass is 10.1. The molecule has 1 aliphatic carbocycles. The molecule has 0 aliphatic heterocycles. The van der Waals surface area contributed by atoms with Gasteiger partial charge >= 0.3 is 0 Å². The van der Waals surface area contributed by atoms with Crippen LogP contribution in [0, 0.1) is 0 Å². The fourth-order valence-electron chi connectivity index (χ4n) is 2.54. The van der Waals surface area contributed by atoms with Crippen LogP contribution in [0.25, 0.3) is 0 Å². The maximum absolute atomic E-state index is 5.82. The van der Waals surface area contributed by atoms with Crippen molar-refractivity contribution in [2.45, 2.75) is 25.3 Å². The standard InChI is InChI=1S/C14H22N2O/c1-16(2)13-8-7-12-11(13)5-3-6-14(12)17-10-4-9-15/h3,5-6,13H,4,7-10,15H2,1-2H3. The first kappa shape index (κ1) is 12.4. The minimum atomic E-state index is 0.544. The molecule has 0 spiro atoms. The lowest BCUT2D eigenvalue weighted by Gasteiger charge is -2.20. The van der Waals surface area contributed by atoms with Crippen molar-refractivity contribution in [3.63, 3.8) is 0 Å². The summed E-state index contributed by atoms with van der Waals surface area (Å²) in [4.78, 5) is 2.29. The fraction of sp³-hybridized carbons (Fsp3) is 0.571. The summed E-state index contributed by atoms with van der Waals surface area (Å²) in [6.45, 7) is 1.41. The van der Waals surface area contributed by atoms with E-state index in [-0.39, 0.29) is 0 Å². The van der Waals surface area contributed by atoms with Gasteiger partial charge in [-0.3, -0.25) is 0 Å².